The summed E-state index contributed by atoms with van der Waals surface area (Å²) in [5.74, 6) is 0.750. The Morgan fingerprint density at radius 2 is 2.14 bits per heavy atom. The van der Waals surface area contributed by atoms with E-state index in [2.05, 4.69) is 11.9 Å². The van der Waals surface area contributed by atoms with Gasteiger partial charge in [0.2, 0.25) is 0 Å². The maximum atomic E-state index is 12.6. The van der Waals surface area contributed by atoms with Gasteiger partial charge in [0.05, 0.1) is 11.8 Å². The van der Waals surface area contributed by atoms with Gasteiger partial charge < -0.3 is 14.6 Å². The van der Waals surface area contributed by atoms with E-state index in [1.807, 2.05) is 48.6 Å². The minimum atomic E-state index is -0.226. The first-order valence-corrected chi connectivity index (χ1v) is 6.79. The summed E-state index contributed by atoms with van der Waals surface area (Å²) in [6, 6.07) is 11.2. The van der Waals surface area contributed by atoms with Gasteiger partial charge in [-0.3, -0.25) is 4.79 Å². The molecule has 0 saturated carbocycles. The van der Waals surface area contributed by atoms with E-state index in [9.17, 15) is 4.79 Å². The van der Waals surface area contributed by atoms with Crippen LogP contribution in [0.3, 0.4) is 0 Å². The third-order valence-corrected chi connectivity index (χ3v) is 3.37. The normalized spacial score (nSPS) is 17.6. The van der Waals surface area contributed by atoms with Gasteiger partial charge in [-0.15, -0.1) is 6.58 Å². The monoisotopic (exact) mass is 280 g/mol. The number of anilines is 1. The van der Waals surface area contributed by atoms with Crippen LogP contribution in [0.1, 0.15) is 16.1 Å². The van der Waals surface area contributed by atoms with Crippen molar-refractivity contribution in [1.82, 2.24) is 4.90 Å². The Balaban J connectivity index is 1.91. The number of hydrogen-bond donors (Lipinski definition) is 1. The maximum absolute atomic E-state index is 12.6. The van der Waals surface area contributed by atoms with E-state index in [-0.39, 0.29) is 12.1 Å². The van der Waals surface area contributed by atoms with Crippen molar-refractivity contribution in [1.29, 1.82) is 0 Å². The van der Waals surface area contributed by atoms with E-state index in [0.29, 0.717) is 12.1 Å². The molecule has 1 aromatic heterocycles. The molecule has 4 heteroatoms. The largest absolute Gasteiger partial charge is 0.465 e. The van der Waals surface area contributed by atoms with Gasteiger partial charge in [0, 0.05) is 12.2 Å². The molecule has 1 unspecified atom stereocenters. The maximum Gasteiger partial charge on any atom is 0.258 e. The van der Waals surface area contributed by atoms with Crippen molar-refractivity contribution in [3.63, 3.8) is 0 Å². The molecule has 106 valence electrons. The third kappa shape index (κ3) is 2.60. The molecular weight excluding hydrogens is 264 g/mol. The zero-order valence-electron chi connectivity index (χ0n) is 11.5. The summed E-state index contributed by atoms with van der Waals surface area (Å²) >= 11 is 0. The first-order valence-electron chi connectivity index (χ1n) is 6.79. The molecule has 0 bridgehead atoms. The van der Waals surface area contributed by atoms with Crippen molar-refractivity contribution in [2.24, 2.45) is 0 Å². The highest BCUT2D eigenvalue weighted by molar-refractivity contribution is 6.02. The fraction of sp³-hybridized carbons (Fsp3) is 0.118. The van der Waals surface area contributed by atoms with Crippen LogP contribution in [-0.2, 0) is 0 Å². The summed E-state index contributed by atoms with van der Waals surface area (Å²) in [7, 11) is 0. The highest BCUT2D eigenvalue weighted by Gasteiger charge is 2.29. The Bertz CT molecular complexity index is 674. The van der Waals surface area contributed by atoms with E-state index < -0.39 is 0 Å². The van der Waals surface area contributed by atoms with Crippen molar-refractivity contribution in [2.75, 3.05) is 11.9 Å². The quantitative estimate of drug-likeness (QED) is 0.873. The molecule has 1 aromatic carbocycles. The van der Waals surface area contributed by atoms with Crippen molar-refractivity contribution in [3.8, 4) is 0 Å². The number of rotatable bonds is 4. The van der Waals surface area contributed by atoms with Gasteiger partial charge in [-0.2, -0.15) is 0 Å². The Morgan fingerprint density at radius 1 is 1.29 bits per heavy atom. The summed E-state index contributed by atoms with van der Waals surface area (Å²) in [5, 5.41) is 3.35. The lowest BCUT2D eigenvalue weighted by Crippen LogP contribution is -2.47. The Hall–Kier alpha value is -2.75. The number of benzene rings is 1. The Kier molecular flexibility index (Phi) is 3.60. The number of nitrogens with one attached hydrogen (secondary N) is 1. The van der Waals surface area contributed by atoms with Crippen LogP contribution in [0.2, 0.25) is 0 Å². The summed E-state index contributed by atoms with van der Waals surface area (Å²) < 4.78 is 5.28. The minimum Gasteiger partial charge on any atom is -0.465 e. The van der Waals surface area contributed by atoms with Gasteiger partial charge in [0.1, 0.15) is 11.9 Å². The lowest BCUT2D eigenvalue weighted by Gasteiger charge is -2.35. The number of fused-ring (bicyclic) bond motifs is 1. The second-order valence-electron chi connectivity index (χ2n) is 4.76. The van der Waals surface area contributed by atoms with Crippen molar-refractivity contribution < 1.29 is 9.21 Å². The van der Waals surface area contributed by atoms with Gasteiger partial charge >= 0.3 is 0 Å². The third-order valence-electron chi connectivity index (χ3n) is 3.37. The summed E-state index contributed by atoms with van der Waals surface area (Å²) in [6.07, 6.45) is 6.89. The highest BCUT2D eigenvalue weighted by Crippen LogP contribution is 2.25. The molecule has 2 heterocycles. The minimum absolute atomic E-state index is 0.00153. The lowest BCUT2D eigenvalue weighted by atomic mass is 10.1. The predicted octanol–water partition coefficient (Wildman–Crippen LogP) is 3.37. The van der Waals surface area contributed by atoms with Crippen molar-refractivity contribution in [2.45, 2.75) is 6.17 Å². The average Bonchev–Trinajstić information content (AvgIpc) is 3.02. The molecule has 1 aliphatic heterocycles. The van der Waals surface area contributed by atoms with Gasteiger partial charge in [0.25, 0.3) is 5.91 Å². The number of carbonyl (C=O) groups is 1. The van der Waals surface area contributed by atoms with Crippen molar-refractivity contribution >= 4 is 17.7 Å². The van der Waals surface area contributed by atoms with Gasteiger partial charge in [-0.05, 0) is 36.4 Å². The summed E-state index contributed by atoms with van der Waals surface area (Å²) in [5.41, 5.74) is 1.53. The highest BCUT2D eigenvalue weighted by atomic mass is 16.3. The fourth-order valence-corrected chi connectivity index (χ4v) is 2.37. The first-order chi connectivity index (χ1) is 10.3. The van der Waals surface area contributed by atoms with Gasteiger partial charge in [0.15, 0.2) is 0 Å². The number of carbonyl (C=O) groups excluding carboxylic acids is 1. The molecule has 1 atom stereocenters. The average molecular weight is 280 g/mol. The van der Waals surface area contributed by atoms with Crippen LogP contribution < -0.4 is 5.32 Å². The lowest BCUT2D eigenvalue weighted by molar-refractivity contribution is 0.0739. The Morgan fingerprint density at radius 3 is 2.90 bits per heavy atom. The van der Waals surface area contributed by atoms with Crippen LogP contribution >= 0.6 is 0 Å². The fourth-order valence-electron chi connectivity index (χ4n) is 2.37. The number of nitrogens with zero attached hydrogens (tertiary/aromatic N) is 1. The smallest absolute Gasteiger partial charge is 0.258 e. The van der Waals surface area contributed by atoms with E-state index in [1.54, 1.807) is 17.2 Å². The molecular formula is C17H16N2O2. The number of hydrogen-bond acceptors (Lipinski definition) is 3. The first kappa shape index (κ1) is 13.2. The van der Waals surface area contributed by atoms with Crippen LogP contribution in [0.15, 0.2) is 65.8 Å². The number of amides is 1. The van der Waals surface area contributed by atoms with Crippen molar-refractivity contribution in [3.05, 3.63) is 72.7 Å². The van der Waals surface area contributed by atoms with Gasteiger partial charge in [-0.1, -0.05) is 18.2 Å². The molecule has 0 spiro atoms. The molecule has 0 aliphatic carbocycles. The summed E-state index contributed by atoms with van der Waals surface area (Å²) in [4.78, 5) is 14.3. The van der Waals surface area contributed by atoms with Crippen LogP contribution in [-0.4, -0.2) is 23.5 Å². The molecule has 3 rings (SSSR count). The van der Waals surface area contributed by atoms with E-state index in [0.717, 1.165) is 11.4 Å². The van der Waals surface area contributed by atoms with Crippen LogP contribution in [0.4, 0.5) is 5.69 Å². The molecule has 1 amide bonds. The van der Waals surface area contributed by atoms with E-state index in [4.69, 9.17) is 4.42 Å². The second kappa shape index (κ2) is 5.71. The molecule has 21 heavy (non-hydrogen) atoms. The summed E-state index contributed by atoms with van der Waals surface area (Å²) in [6.45, 7) is 4.20. The molecule has 1 aliphatic rings. The molecule has 2 aromatic rings. The SMILES string of the molecule is C=CCN1C(=O)c2ccccc2NC1/C=C/c1ccco1. The van der Waals surface area contributed by atoms with Crippen LogP contribution in [0, 0.1) is 0 Å². The predicted molar refractivity (Wildman–Crippen MR) is 82.8 cm³/mol. The van der Waals surface area contributed by atoms with Gasteiger partial charge in [-0.25, -0.2) is 0 Å². The topological polar surface area (TPSA) is 45.5 Å². The van der Waals surface area contributed by atoms with E-state index in [1.165, 1.54) is 0 Å². The molecule has 0 saturated heterocycles. The van der Waals surface area contributed by atoms with Crippen LogP contribution in [0.25, 0.3) is 6.08 Å². The molecule has 4 nitrogen and oxygen atoms in total. The zero-order chi connectivity index (χ0) is 14.7. The number of para-hydroxylation sites is 1. The zero-order valence-corrected chi connectivity index (χ0v) is 11.5. The Labute approximate surface area is 123 Å². The second-order valence-corrected chi connectivity index (χ2v) is 4.76. The van der Waals surface area contributed by atoms with E-state index >= 15 is 0 Å². The van der Waals surface area contributed by atoms with Crippen LogP contribution in [0.5, 0.6) is 0 Å². The molecule has 1 N–H and O–H groups in total. The molecule has 0 radical (unpaired) electrons. The standard InChI is InChI=1S/C17H16N2O2/c1-2-11-19-16(10-9-13-6-5-12-21-13)18-15-8-4-3-7-14(15)17(19)20/h2-10,12,16,18H,1,11H2/b10-9+. The molecule has 0 fully saturated rings. The number of furan rings is 1.